The summed E-state index contributed by atoms with van der Waals surface area (Å²) in [6, 6.07) is 2.66. The smallest absolute Gasteiger partial charge is 0.465 e. The van der Waals surface area contributed by atoms with Crippen molar-refractivity contribution in [3.63, 3.8) is 0 Å². The number of carbonyl (C=O) groups is 2. The van der Waals surface area contributed by atoms with Crippen molar-refractivity contribution >= 4 is 17.6 Å². The molecule has 37 heavy (non-hydrogen) atoms. The highest BCUT2D eigenvalue weighted by molar-refractivity contribution is 5.97. The molecule has 1 aliphatic carbocycles. The van der Waals surface area contributed by atoms with E-state index >= 15 is 0 Å². The van der Waals surface area contributed by atoms with Gasteiger partial charge in [0.25, 0.3) is 0 Å². The van der Waals surface area contributed by atoms with Crippen LogP contribution in [0.3, 0.4) is 0 Å². The molecule has 1 aliphatic rings. The van der Waals surface area contributed by atoms with Crippen molar-refractivity contribution in [2.75, 3.05) is 20.3 Å². The van der Waals surface area contributed by atoms with E-state index in [1.54, 1.807) is 0 Å². The number of rotatable bonds is 10. The molecule has 0 radical (unpaired) electrons. The highest BCUT2D eigenvalue weighted by Crippen LogP contribution is 2.34. The molecule has 2 aromatic rings. The van der Waals surface area contributed by atoms with Crippen LogP contribution in [0.2, 0.25) is 0 Å². The first kappa shape index (κ1) is 28.2. The number of amides is 1. The minimum Gasteiger partial charge on any atom is -0.465 e. The number of nitrogens with zero attached hydrogens (tertiary/aromatic N) is 2. The molecular formula is C23H23F6N3O5. The van der Waals surface area contributed by atoms with E-state index in [0.717, 1.165) is 19.2 Å². The Hall–Kier alpha value is -3.39. The van der Waals surface area contributed by atoms with E-state index in [1.165, 1.54) is 17.1 Å². The lowest BCUT2D eigenvalue weighted by atomic mass is 9.92. The number of alkyl halides is 6. The molecule has 1 heterocycles. The minimum absolute atomic E-state index is 0.0448. The van der Waals surface area contributed by atoms with Gasteiger partial charge in [0.15, 0.2) is 0 Å². The minimum atomic E-state index is -4.70. The summed E-state index contributed by atoms with van der Waals surface area (Å²) < 4.78 is 90.7. The average Bonchev–Trinajstić information content (AvgIpc) is 3.28. The van der Waals surface area contributed by atoms with Crippen molar-refractivity contribution in [3.8, 4) is 11.3 Å². The highest BCUT2D eigenvalue weighted by atomic mass is 19.4. The number of hydrogen-bond donors (Lipinski definition) is 1. The summed E-state index contributed by atoms with van der Waals surface area (Å²) in [5.74, 6) is -1.42. The van der Waals surface area contributed by atoms with E-state index in [-0.39, 0.29) is 49.2 Å². The Morgan fingerprint density at radius 2 is 1.86 bits per heavy atom. The quantitative estimate of drug-likeness (QED) is 0.358. The van der Waals surface area contributed by atoms with Crippen molar-refractivity contribution in [3.05, 3.63) is 48.4 Å². The van der Waals surface area contributed by atoms with Gasteiger partial charge in [0.1, 0.15) is 6.61 Å². The van der Waals surface area contributed by atoms with Gasteiger partial charge in [-0.25, -0.2) is 9.78 Å². The zero-order chi connectivity index (χ0) is 27.4. The van der Waals surface area contributed by atoms with Gasteiger partial charge >= 0.3 is 18.5 Å². The fraction of sp³-hybridized carbons (Fsp3) is 0.435. The van der Waals surface area contributed by atoms with Crippen LogP contribution in [-0.4, -0.2) is 60.3 Å². The van der Waals surface area contributed by atoms with Gasteiger partial charge in [-0.05, 0) is 12.1 Å². The third-order valence-corrected chi connectivity index (χ3v) is 5.51. The van der Waals surface area contributed by atoms with Gasteiger partial charge in [-0.2, -0.15) is 13.2 Å². The van der Waals surface area contributed by atoms with Crippen molar-refractivity contribution < 1.29 is 50.1 Å². The number of imidazole rings is 1. The first-order valence-electron chi connectivity index (χ1n) is 10.9. The number of ether oxygens (including phenoxy) is 3. The van der Waals surface area contributed by atoms with Gasteiger partial charge in [-0.3, -0.25) is 9.53 Å². The van der Waals surface area contributed by atoms with Crippen LogP contribution >= 0.6 is 0 Å². The molecule has 0 atom stereocenters. The lowest BCUT2D eigenvalue weighted by Gasteiger charge is -2.34. The largest absolute Gasteiger partial charge is 0.522 e. The summed E-state index contributed by atoms with van der Waals surface area (Å²) >= 11 is 0. The van der Waals surface area contributed by atoms with Crippen LogP contribution in [0.15, 0.2) is 37.3 Å². The van der Waals surface area contributed by atoms with Gasteiger partial charge in [-0.15, -0.1) is 13.2 Å². The van der Waals surface area contributed by atoms with Gasteiger partial charge in [-0.1, -0.05) is 12.6 Å². The second kappa shape index (κ2) is 11.3. The molecule has 1 aromatic heterocycles. The maximum absolute atomic E-state index is 13.1. The molecule has 8 nitrogen and oxygen atoms in total. The maximum atomic E-state index is 13.1. The number of hydrogen-bond acceptors (Lipinski definition) is 6. The van der Waals surface area contributed by atoms with E-state index < -0.39 is 42.2 Å². The third kappa shape index (κ3) is 7.79. The van der Waals surface area contributed by atoms with Crippen molar-refractivity contribution in [2.24, 2.45) is 0 Å². The zero-order valence-corrected chi connectivity index (χ0v) is 19.5. The lowest BCUT2D eigenvalue weighted by molar-refractivity contribution is -0.357. The van der Waals surface area contributed by atoms with Crippen LogP contribution < -0.4 is 5.32 Å². The molecule has 1 saturated carbocycles. The summed E-state index contributed by atoms with van der Waals surface area (Å²) in [5.41, 5.74) is -0.482. The number of benzene rings is 1. The van der Waals surface area contributed by atoms with Gasteiger partial charge in [0.2, 0.25) is 5.91 Å². The van der Waals surface area contributed by atoms with E-state index in [0.29, 0.717) is 11.8 Å². The number of esters is 1. The average molecular weight is 535 g/mol. The number of methoxy groups -OCH3 is 1. The molecule has 1 N–H and O–H groups in total. The summed E-state index contributed by atoms with van der Waals surface area (Å²) in [4.78, 5) is 28.1. The van der Waals surface area contributed by atoms with Crippen molar-refractivity contribution in [1.29, 1.82) is 0 Å². The van der Waals surface area contributed by atoms with E-state index in [2.05, 4.69) is 26.4 Å². The van der Waals surface area contributed by atoms with Gasteiger partial charge in [0.05, 0.1) is 42.5 Å². The molecule has 1 aromatic carbocycles. The molecule has 0 aliphatic heterocycles. The van der Waals surface area contributed by atoms with Crippen LogP contribution in [0.25, 0.3) is 17.0 Å². The molecule has 1 fully saturated rings. The first-order chi connectivity index (χ1) is 17.3. The number of halogens is 6. The molecule has 0 bridgehead atoms. The molecule has 202 valence electrons. The highest BCUT2D eigenvalue weighted by Gasteiger charge is 2.40. The molecule has 0 saturated heterocycles. The Morgan fingerprint density at radius 1 is 1.16 bits per heavy atom. The Labute approximate surface area is 207 Å². The second-order valence-corrected chi connectivity index (χ2v) is 8.17. The van der Waals surface area contributed by atoms with Crippen LogP contribution in [0.5, 0.6) is 0 Å². The van der Waals surface area contributed by atoms with E-state index in [9.17, 15) is 35.9 Å². The van der Waals surface area contributed by atoms with Crippen LogP contribution in [-0.2, 0) is 25.2 Å². The topological polar surface area (TPSA) is 91.7 Å². The Morgan fingerprint density at radius 3 is 2.49 bits per heavy atom. The summed E-state index contributed by atoms with van der Waals surface area (Å²) in [5, 5.41) is 2.59. The van der Waals surface area contributed by atoms with Crippen LogP contribution in [0.4, 0.5) is 26.3 Å². The normalized spacial score (nSPS) is 17.7. The van der Waals surface area contributed by atoms with Crippen molar-refractivity contribution in [1.82, 2.24) is 14.9 Å². The lowest BCUT2D eigenvalue weighted by Crippen LogP contribution is -2.42. The predicted molar refractivity (Wildman–Crippen MR) is 117 cm³/mol. The Kier molecular flexibility index (Phi) is 8.64. The number of carbonyl (C=O) groups excluding carboxylic acids is 2. The van der Waals surface area contributed by atoms with E-state index in [4.69, 9.17) is 4.74 Å². The molecular weight excluding hydrogens is 512 g/mol. The van der Waals surface area contributed by atoms with Gasteiger partial charge in [0, 0.05) is 43.3 Å². The van der Waals surface area contributed by atoms with Crippen molar-refractivity contribution in [2.45, 2.75) is 44.0 Å². The number of nitrogens with one attached hydrogen (secondary N) is 1. The summed E-state index contributed by atoms with van der Waals surface area (Å²) in [6.07, 6.45) is -7.62. The third-order valence-electron chi connectivity index (χ3n) is 5.51. The zero-order valence-electron chi connectivity index (χ0n) is 19.5. The van der Waals surface area contributed by atoms with Gasteiger partial charge < -0.3 is 19.4 Å². The standard InChI is InChI=1S/C23H23F6N3O5/c1-13(5-6-30-20(33)11-36-15-8-16(9-15)37-23(27,28)29)32-10-19(31-12-32)17-4-3-14(22(24,25)26)7-18(17)21(34)35-2/h3-4,7,10,12,15-16H,1,5-6,8-9,11H2,2H3,(H,30,33)/t15-,16+. The Balaban J connectivity index is 1.49. The fourth-order valence-electron chi connectivity index (χ4n) is 3.52. The SMILES string of the molecule is C=C(CCNC(=O)CO[C@H]1C[C@@H](OC(F)(F)F)C1)n1cnc(-c2ccc(C(F)(F)F)cc2C(=O)OC)c1. The molecule has 0 spiro atoms. The Bertz CT molecular complexity index is 1140. The monoisotopic (exact) mass is 535 g/mol. The summed E-state index contributed by atoms with van der Waals surface area (Å²) in [7, 11) is 1.05. The predicted octanol–water partition coefficient (Wildman–Crippen LogP) is 4.42. The molecule has 3 rings (SSSR count). The molecule has 0 unspecified atom stereocenters. The number of aromatic nitrogens is 2. The summed E-state index contributed by atoms with van der Waals surface area (Å²) in [6.45, 7) is 3.71. The maximum Gasteiger partial charge on any atom is 0.522 e. The first-order valence-corrected chi connectivity index (χ1v) is 10.9. The van der Waals surface area contributed by atoms with Crippen LogP contribution in [0, 0.1) is 0 Å². The molecule has 1 amide bonds. The van der Waals surface area contributed by atoms with E-state index in [1.807, 2.05) is 0 Å². The second-order valence-electron chi connectivity index (χ2n) is 8.17. The van der Waals surface area contributed by atoms with Crippen LogP contribution in [0.1, 0.15) is 35.2 Å². The fourth-order valence-corrected chi connectivity index (χ4v) is 3.52. The molecule has 14 heteroatoms.